The van der Waals surface area contributed by atoms with Gasteiger partial charge in [0.05, 0.1) is 5.69 Å². The van der Waals surface area contributed by atoms with E-state index in [1.807, 2.05) is 33.8 Å². The fourth-order valence-corrected chi connectivity index (χ4v) is 4.90. The Balaban J connectivity index is 1.31. The van der Waals surface area contributed by atoms with E-state index in [4.69, 9.17) is 4.74 Å². The summed E-state index contributed by atoms with van der Waals surface area (Å²) in [5.74, 6) is -2.20. The van der Waals surface area contributed by atoms with Crippen molar-refractivity contribution >= 4 is 11.9 Å². The number of phenolic OH excluding ortho intramolecular Hbond substituents is 1. The molecule has 0 saturated carbocycles. The highest BCUT2D eigenvalue weighted by Crippen LogP contribution is 2.36. The van der Waals surface area contributed by atoms with Crippen LogP contribution in [-0.4, -0.2) is 75.6 Å². The van der Waals surface area contributed by atoms with Gasteiger partial charge in [0.1, 0.15) is 17.2 Å². The van der Waals surface area contributed by atoms with Gasteiger partial charge in [0.2, 0.25) is 0 Å². The molecule has 2 fully saturated rings. The van der Waals surface area contributed by atoms with Crippen molar-refractivity contribution < 1.29 is 23.4 Å². The number of aromatic nitrogens is 2. The van der Waals surface area contributed by atoms with Crippen molar-refractivity contribution in [1.29, 1.82) is 0 Å². The number of ether oxygens (including phenoxy) is 1. The van der Waals surface area contributed by atoms with Crippen LogP contribution in [0.2, 0.25) is 0 Å². The molecule has 2 aliphatic heterocycles. The molecule has 2 aromatic rings. The summed E-state index contributed by atoms with van der Waals surface area (Å²) in [6.07, 6.45) is 1.83. The predicted octanol–water partition coefficient (Wildman–Crippen LogP) is 5.01. The minimum absolute atomic E-state index is 0.217. The minimum Gasteiger partial charge on any atom is -0.507 e. The molecule has 2 saturated heterocycles. The number of phenols is 1. The van der Waals surface area contributed by atoms with Gasteiger partial charge in [-0.3, -0.25) is 0 Å². The molecule has 2 aliphatic rings. The van der Waals surface area contributed by atoms with Crippen LogP contribution in [0.15, 0.2) is 24.3 Å². The first-order valence-electron chi connectivity index (χ1n) is 12.8. The lowest BCUT2D eigenvalue weighted by Gasteiger charge is -2.43. The number of alkyl halides is 2. The molecular formula is C27H37F2N5O3. The molecule has 10 heteroatoms. The molecular weight excluding hydrogens is 480 g/mol. The molecule has 0 bridgehead atoms. The number of amides is 1. The Labute approximate surface area is 217 Å². The van der Waals surface area contributed by atoms with Gasteiger partial charge >= 0.3 is 6.09 Å². The van der Waals surface area contributed by atoms with E-state index >= 15 is 0 Å². The van der Waals surface area contributed by atoms with Crippen LogP contribution in [0.4, 0.5) is 19.4 Å². The van der Waals surface area contributed by atoms with Crippen LogP contribution in [0.3, 0.4) is 0 Å². The molecule has 0 aliphatic carbocycles. The highest BCUT2D eigenvalue weighted by atomic mass is 19.3. The van der Waals surface area contributed by atoms with Gasteiger partial charge in [0.25, 0.3) is 5.92 Å². The maximum atomic E-state index is 13.6. The van der Waals surface area contributed by atoms with Crippen LogP contribution in [0.1, 0.15) is 51.7 Å². The predicted molar refractivity (Wildman–Crippen MR) is 138 cm³/mol. The molecule has 37 heavy (non-hydrogen) atoms. The largest absolute Gasteiger partial charge is 0.507 e. The SMILES string of the molecule is Cc1cc(N[C@@H]2CCCN(CC3CN(C(=O)OC(C)(C)C)C3)C2)nnc1-c1ccc(C(C)(F)F)cc1O. The van der Waals surface area contributed by atoms with Crippen molar-refractivity contribution in [2.24, 2.45) is 5.92 Å². The summed E-state index contributed by atoms with van der Waals surface area (Å²) < 4.78 is 32.6. The van der Waals surface area contributed by atoms with E-state index in [2.05, 4.69) is 20.4 Å². The number of nitrogens with one attached hydrogen (secondary N) is 1. The summed E-state index contributed by atoms with van der Waals surface area (Å²) in [6.45, 7) is 12.6. The first-order valence-corrected chi connectivity index (χ1v) is 12.8. The number of likely N-dealkylation sites (tertiary alicyclic amines) is 2. The van der Waals surface area contributed by atoms with Gasteiger partial charge in [-0.2, -0.15) is 0 Å². The second kappa shape index (κ2) is 10.4. The summed E-state index contributed by atoms with van der Waals surface area (Å²) in [5.41, 5.74) is 0.880. The highest BCUT2D eigenvalue weighted by molar-refractivity contribution is 5.71. The molecule has 1 aromatic carbocycles. The van der Waals surface area contributed by atoms with E-state index in [1.54, 1.807) is 4.90 Å². The molecule has 0 unspecified atom stereocenters. The maximum absolute atomic E-state index is 13.6. The number of aromatic hydroxyl groups is 1. The zero-order valence-electron chi connectivity index (χ0n) is 22.2. The number of nitrogens with zero attached hydrogens (tertiary/aromatic N) is 4. The smallest absolute Gasteiger partial charge is 0.410 e. The maximum Gasteiger partial charge on any atom is 0.410 e. The average molecular weight is 518 g/mol. The van der Waals surface area contributed by atoms with Crippen molar-refractivity contribution in [3.8, 4) is 17.0 Å². The highest BCUT2D eigenvalue weighted by Gasteiger charge is 2.35. The number of carbonyl (C=O) groups is 1. The quantitative estimate of drug-likeness (QED) is 0.557. The second-order valence-electron chi connectivity index (χ2n) is 11.4. The van der Waals surface area contributed by atoms with Gasteiger partial charge < -0.3 is 25.0 Å². The Kier molecular flexibility index (Phi) is 7.60. The third kappa shape index (κ3) is 6.85. The summed E-state index contributed by atoms with van der Waals surface area (Å²) >= 11 is 0. The van der Waals surface area contributed by atoms with Crippen molar-refractivity contribution in [1.82, 2.24) is 20.0 Å². The zero-order chi connectivity index (χ0) is 27.0. The van der Waals surface area contributed by atoms with Crippen LogP contribution in [0, 0.1) is 12.8 Å². The molecule has 202 valence electrons. The van der Waals surface area contributed by atoms with Crippen LogP contribution >= 0.6 is 0 Å². The van der Waals surface area contributed by atoms with E-state index in [1.165, 1.54) is 12.1 Å². The molecule has 8 nitrogen and oxygen atoms in total. The number of carbonyl (C=O) groups excluding carboxylic acids is 1. The van der Waals surface area contributed by atoms with Crippen LogP contribution in [0.25, 0.3) is 11.3 Å². The first-order chi connectivity index (χ1) is 17.3. The Hall–Kier alpha value is -3.01. The lowest BCUT2D eigenvalue weighted by molar-refractivity contribution is -0.00749. The normalized spacial score (nSPS) is 19.4. The number of halogens is 2. The molecule has 4 rings (SSSR count). The molecule has 1 atom stereocenters. The molecule has 2 N–H and O–H groups in total. The van der Waals surface area contributed by atoms with Crippen molar-refractivity contribution in [2.75, 3.05) is 38.0 Å². The van der Waals surface area contributed by atoms with Gasteiger partial charge in [-0.25, -0.2) is 13.6 Å². The summed E-state index contributed by atoms with van der Waals surface area (Å²) in [6, 6.07) is 5.92. The number of hydrogen-bond acceptors (Lipinski definition) is 7. The lowest BCUT2D eigenvalue weighted by atomic mass is 9.97. The zero-order valence-corrected chi connectivity index (χ0v) is 22.2. The number of piperidine rings is 1. The van der Waals surface area contributed by atoms with E-state index in [0.29, 0.717) is 23.0 Å². The molecule has 3 heterocycles. The third-order valence-corrected chi connectivity index (χ3v) is 6.73. The van der Waals surface area contributed by atoms with Gasteiger partial charge in [-0.15, -0.1) is 10.2 Å². The van der Waals surface area contributed by atoms with Crippen LogP contribution in [-0.2, 0) is 10.7 Å². The van der Waals surface area contributed by atoms with E-state index in [-0.39, 0.29) is 23.4 Å². The Morgan fingerprint density at radius 3 is 2.51 bits per heavy atom. The Morgan fingerprint density at radius 1 is 1.16 bits per heavy atom. The monoisotopic (exact) mass is 517 g/mol. The van der Waals surface area contributed by atoms with Crippen molar-refractivity contribution in [3.63, 3.8) is 0 Å². The number of rotatable bonds is 6. The first kappa shape index (κ1) is 27.0. The number of anilines is 1. The Bertz CT molecular complexity index is 1130. The van der Waals surface area contributed by atoms with E-state index < -0.39 is 11.5 Å². The van der Waals surface area contributed by atoms with Gasteiger partial charge in [-0.05, 0) is 70.8 Å². The van der Waals surface area contributed by atoms with Gasteiger partial charge in [0.15, 0.2) is 0 Å². The average Bonchev–Trinajstić information content (AvgIpc) is 2.75. The van der Waals surface area contributed by atoms with Crippen LogP contribution in [0.5, 0.6) is 5.75 Å². The molecule has 0 radical (unpaired) electrons. The number of benzene rings is 1. The molecule has 1 aromatic heterocycles. The van der Waals surface area contributed by atoms with E-state index in [9.17, 15) is 18.7 Å². The lowest BCUT2D eigenvalue weighted by Crippen LogP contribution is -2.56. The summed E-state index contributed by atoms with van der Waals surface area (Å²) in [4.78, 5) is 16.4. The van der Waals surface area contributed by atoms with Gasteiger partial charge in [-0.1, -0.05) is 6.07 Å². The topological polar surface area (TPSA) is 90.8 Å². The summed E-state index contributed by atoms with van der Waals surface area (Å²) in [5, 5.41) is 22.4. The van der Waals surface area contributed by atoms with Crippen LogP contribution < -0.4 is 5.32 Å². The second-order valence-corrected chi connectivity index (χ2v) is 11.4. The fourth-order valence-electron chi connectivity index (χ4n) is 4.90. The fraction of sp³-hybridized carbons (Fsp3) is 0.593. The minimum atomic E-state index is -3.03. The van der Waals surface area contributed by atoms with Crippen molar-refractivity contribution in [3.05, 3.63) is 35.4 Å². The number of aryl methyl sites for hydroxylation is 1. The molecule has 0 spiro atoms. The van der Waals surface area contributed by atoms with Gasteiger partial charge in [0, 0.05) is 56.2 Å². The molecule has 1 amide bonds. The number of hydrogen-bond donors (Lipinski definition) is 2. The standard InChI is InChI=1S/C27H37F2N5O3/c1-17-11-23(31-32-24(17)21-9-8-19(12-22(21)35)27(5,28)29)30-20-7-6-10-33(16-20)13-18-14-34(15-18)25(36)37-26(2,3)4/h8-9,11-12,18,20,35H,6-7,10,13-16H2,1-5H3,(H,30,31)/t20-/m1/s1. The van der Waals surface area contributed by atoms with E-state index in [0.717, 1.165) is 64.1 Å². The third-order valence-electron chi connectivity index (χ3n) is 6.73. The van der Waals surface area contributed by atoms with Crippen molar-refractivity contribution in [2.45, 2.75) is 65.0 Å². The summed E-state index contributed by atoms with van der Waals surface area (Å²) in [7, 11) is 0. The Morgan fingerprint density at radius 2 is 1.89 bits per heavy atom.